The quantitative estimate of drug-likeness (QED) is 0.809. The number of rotatable bonds is 6. The van der Waals surface area contributed by atoms with Gasteiger partial charge in [-0.25, -0.2) is 8.42 Å². The van der Waals surface area contributed by atoms with Crippen LogP contribution in [0.5, 0.6) is 5.75 Å². The Morgan fingerprint density at radius 3 is 2.58 bits per heavy atom. The minimum Gasteiger partial charge on any atom is -0.497 e. The summed E-state index contributed by atoms with van der Waals surface area (Å²) in [6.07, 6.45) is 0.512. The van der Waals surface area contributed by atoms with Crippen LogP contribution in [0, 0.1) is 0 Å². The van der Waals surface area contributed by atoms with Crippen LogP contribution in [0.25, 0.3) is 0 Å². The normalized spacial score (nSPS) is 19.7. The van der Waals surface area contributed by atoms with Crippen LogP contribution in [0.3, 0.4) is 0 Å². The highest BCUT2D eigenvalue weighted by Crippen LogP contribution is 2.22. The number of methoxy groups -OCH3 is 1. The zero-order valence-corrected chi connectivity index (χ0v) is 15.3. The zero-order chi connectivity index (χ0) is 18.6. The predicted octanol–water partition coefficient (Wildman–Crippen LogP) is 2.15. The van der Waals surface area contributed by atoms with Crippen LogP contribution >= 0.6 is 0 Å². The number of amides is 1. The van der Waals surface area contributed by atoms with E-state index in [1.807, 2.05) is 30.3 Å². The fourth-order valence-corrected chi connectivity index (χ4v) is 4.73. The minimum absolute atomic E-state index is 0.0583. The van der Waals surface area contributed by atoms with Crippen LogP contribution in [-0.4, -0.2) is 39.0 Å². The van der Waals surface area contributed by atoms with Gasteiger partial charge in [-0.1, -0.05) is 36.4 Å². The second-order valence-electron chi connectivity index (χ2n) is 6.33. The third-order valence-electron chi connectivity index (χ3n) is 4.37. The molecule has 0 radical (unpaired) electrons. The lowest BCUT2D eigenvalue weighted by Crippen LogP contribution is -2.40. The first-order valence-corrected chi connectivity index (χ1v) is 10.3. The molecule has 0 spiro atoms. The summed E-state index contributed by atoms with van der Waals surface area (Å²) < 4.78 is 28.7. The monoisotopic (exact) mass is 374 g/mol. The summed E-state index contributed by atoms with van der Waals surface area (Å²) in [6, 6.07) is 15.5. The van der Waals surface area contributed by atoms with Crippen molar-refractivity contribution >= 4 is 21.4 Å². The molecule has 2 N–H and O–H groups in total. The summed E-state index contributed by atoms with van der Waals surface area (Å²) in [7, 11) is -1.46. The fraction of sp³-hybridized carbons (Fsp3) is 0.316. The Morgan fingerprint density at radius 2 is 1.92 bits per heavy atom. The van der Waals surface area contributed by atoms with Crippen molar-refractivity contribution in [2.45, 2.75) is 18.5 Å². The lowest BCUT2D eigenvalue weighted by Gasteiger charge is -2.22. The number of carbonyl (C=O) groups is 1. The Kier molecular flexibility index (Phi) is 5.58. The van der Waals surface area contributed by atoms with E-state index in [2.05, 4.69) is 10.6 Å². The summed E-state index contributed by atoms with van der Waals surface area (Å²) in [5.74, 6) is 0.620. The zero-order valence-electron chi connectivity index (χ0n) is 14.5. The topological polar surface area (TPSA) is 84.5 Å². The van der Waals surface area contributed by atoms with E-state index in [0.717, 1.165) is 5.56 Å². The average molecular weight is 374 g/mol. The molecule has 1 aliphatic rings. The van der Waals surface area contributed by atoms with Gasteiger partial charge in [0.2, 0.25) is 5.91 Å². The highest BCUT2D eigenvalue weighted by molar-refractivity contribution is 7.91. The highest BCUT2D eigenvalue weighted by Gasteiger charge is 2.32. The summed E-state index contributed by atoms with van der Waals surface area (Å²) in [6.45, 7) is 0. The molecule has 0 aromatic heterocycles. The van der Waals surface area contributed by atoms with Gasteiger partial charge in [-0.05, 0) is 24.1 Å². The first-order valence-electron chi connectivity index (χ1n) is 8.43. The molecule has 2 atom stereocenters. The van der Waals surface area contributed by atoms with E-state index in [9.17, 15) is 13.2 Å². The smallest absolute Gasteiger partial charge is 0.246 e. The lowest BCUT2D eigenvalue weighted by molar-refractivity contribution is -0.118. The maximum Gasteiger partial charge on any atom is 0.246 e. The molecule has 6 nitrogen and oxygen atoms in total. The molecule has 26 heavy (non-hydrogen) atoms. The molecule has 2 aromatic rings. The van der Waals surface area contributed by atoms with Gasteiger partial charge >= 0.3 is 0 Å². The Labute approximate surface area is 153 Å². The van der Waals surface area contributed by atoms with Gasteiger partial charge in [0.25, 0.3) is 0 Å². The Hall–Kier alpha value is -2.38. The van der Waals surface area contributed by atoms with Crippen molar-refractivity contribution in [1.29, 1.82) is 0 Å². The van der Waals surface area contributed by atoms with E-state index < -0.39 is 15.9 Å². The third kappa shape index (κ3) is 4.62. The number of anilines is 1. The van der Waals surface area contributed by atoms with E-state index >= 15 is 0 Å². The number of ether oxygens (including phenoxy) is 1. The van der Waals surface area contributed by atoms with Crippen LogP contribution in [0.15, 0.2) is 54.6 Å². The van der Waals surface area contributed by atoms with Crippen molar-refractivity contribution in [3.63, 3.8) is 0 Å². The second-order valence-corrected chi connectivity index (χ2v) is 8.56. The van der Waals surface area contributed by atoms with E-state index in [0.29, 0.717) is 17.9 Å². The molecule has 138 valence electrons. The molecule has 7 heteroatoms. The standard InChI is InChI=1S/C19H22N2O4S/c1-25-17-9-5-8-15(12-17)21-19(22)18(14-6-3-2-4-7-14)20-16-10-11-26(23,24)13-16/h2-9,12,16,18,20H,10-11,13H2,1H3,(H,21,22)/t16-,18-/m0/s1. The Morgan fingerprint density at radius 1 is 1.15 bits per heavy atom. The van der Waals surface area contributed by atoms with Gasteiger partial charge in [-0.15, -0.1) is 0 Å². The maximum atomic E-state index is 12.9. The van der Waals surface area contributed by atoms with Crippen LogP contribution in [0.1, 0.15) is 18.0 Å². The van der Waals surface area contributed by atoms with Gasteiger partial charge in [0, 0.05) is 17.8 Å². The molecule has 0 aliphatic carbocycles. The number of sulfone groups is 1. The van der Waals surface area contributed by atoms with Gasteiger partial charge in [0.1, 0.15) is 11.8 Å². The van der Waals surface area contributed by atoms with Crippen molar-refractivity contribution in [1.82, 2.24) is 5.32 Å². The molecule has 1 amide bonds. The SMILES string of the molecule is COc1cccc(NC(=O)[C@@H](N[C@H]2CCS(=O)(=O)C2)c2ccccc2)c1. The summed E-state index contributed by atoms with van der Waals surface area (Å²) in [4.78, 5) is 12.9. The molecule has 1 heterocycles. The van der Waals surface area contributed by atoms with Gasteiger partial charge in [0.05, 0.1) is 18.6 Å². The van der Waals surface area contributed by atoms with Crippen LogP contribution in [-0.2, 0) is 14.6 Å². The van der Waals surface area contributed by atoms with Gasteiger partial charge < -0.3 is 10.1 Å². The van der Waals surface area contributed by atoms with Crippen LogP contribution < -0.4 is 15.4 Å². The Bertz CT molecular complexity index is 868. The van der Waals surface area contributed by atoms with Crippen molar-refractivity contribution in [2.24, 2.45) is 0 Å². The van der Waals surface area contributed by atoms with Crippen molar-refractivity contribution in [3.8, 4) is 5.75 Å². The molecule has 2 aromatic carbocycles. The predicted molar refractivity (Wildman–Crippen MR) is 101 cm³/mol. The third-order valence-corrected chi connectivity index (χ3v) is 6.14. The molecular weight excluding hydrogens is 352 g/mol. The molecule has 1 aliphatic heterocycles. The summed E-state index contributed by atoms with van der Waals surface area (Å²) in [5.41, 5.74) is 1.41. The molecule has 0 saturated carbocycles. The number of hydrogen-bond donors (Lipinski definition) is 2. The first kappa shape index (κ1) is 18.4. The molecule has 0 bridgehead atoms. The van der Waals surface area contributed by atoms with Crippen LogP contribution in [0.4, 0.5) is 5.69 Å². The van der Waals surface area contributed by atoms with E-state index in [1.54, 1.807) is 31.4 Å². The first-order chi connectivity index (χ1) is 12.5. The van der Waals surface area contributed by atoms with E-state index in [4.69, 9.17) is 4.74 Å². The largest absolute Gasteiger partial charge is 0.497 e. The van der Waals surface area contributed by atoms with E-state index in [1.165, 1.54) is 0 Å². The minimum atomic E-state index is -3.03. The molecule has 1 saturated heterocycles. The van der Waals surface area contributed by atoms with Crippen molar-refractivity contribution in [3.05, 3.63) is 60.2 Å². The molecule has 0 unspecified atom stereocenters. The number of nitrogens with one attached hydrogen (secondary N) is 2. The average Bonchev–Trinajstić information content (AvgIpc) is 2.99. The van der Waals surface area contributed by atoms with Crippen molar-refractivity contribution < 1.29 is 17.9 Å². The summed E-state index contributed by atoms with van der Waals surface area (Å²) in [5, 5.41) is 6.09. The van der Waals surface area contributed by atoms with Gasteiger partial charge in [-0.2, -0.15) is 0 Å². The molecule has 3 rings (SSSR count). The van der Waals surface area contributed by atoms with E-state index in [-0.39, 0.29) is 23.5 Å². The molecule has 1 fully saturated rings. The highest BCUT2D eigenvalue weighted by atomic mass is 32.2. The summed E-state index contributed by atoms with van der Waals surface area (Å²) >= 11 is 0. The number of hydrogen-bond acceptors (Lipinski definition) is 5. The lowest BCUT2D eigenvalue weighted by atomic mass is 10.0. The van der Waals surface area contributed by atoms with Gasteiger partial charge in [0.15, 0.2) is 9.84 Å². The Balaban J connectivity index is 1.79. The van der Waals surface area contributed by atoms with Crippen molar-refractivity contribution in [2.75, 3.05) is 23.9 Å². The molecular formula is C19H22N2O4S. The maximum absolute atomic E-state index is 12.9. The van der Waals surface area contributed by atoms with Gasteiger partial charge in [-0.3, -0.25) is 10.1 Å². The second kappa shape index (κ2) is 7.88. The fourth-order valence-electron chi connectivity index (χ4n) is 3.05. The number of carbonyl (C=O) groups excluding carboxylic acids is 1. The van der Waals surface area contributed by atoms with Crippen LogP contribution in [0.2, 0.25) is 0 Å². The number of benzene rings is 2.